The molecule has 23 heavy (non-hydrogen) atoms. The molecule has 1 spiro atoms. The number of hydrogen-bond donors (Lipinski definition) is 3. The number of aliphatic hydroxyl groups excluding tert-OH is 1. The van der Waals surface area contributed by atoms with Crippen LogP contribution < -0.4 is 5.32 Å². The first-order valence-electron chi connectivity index (χ1n) is 8.33. The molecule has 1 saturated carbocycles. The molecule has 3 N–H and O–H groups in total. The van der Waals surface area contributed by atoms with Crippen molar-refractivity contribution < 1.29 is 19.7 Å². The summed E-state index contributed by atoms with van der Waals surface area (Å²) >= 11 is 0. The Balaban J connectivity index is 1.99. The van der Waals surface area contributed by atoms with Crippen LogP contribution in [0.4, 0.5) is 0 Å². The molecule has 0 amide bonds. The molecule has 5 heteroatoms. The lowest BCUT2D eigenvalue weighted by Crippen LogP contribution is -2.71. The Hall–Kier alpha value is -1.59. The molecule has 2 fully saturated rings. The molecule has 0 aromatic carbocycles. The van der Waals surface area contributed by atoms with E-state index in [1.165, 1.54) is 0 Å². The number of Topliss-reactive ketones (excluding diaryl/α,β-unsaturated/α-hetero) is 1. The van der Waals surface area contributed by atoms with Gasteiger partial charge in [0, 0.05) is 12.5 Å². The van der Waals surface area contributed by atoms with Crippen LogP contribution in [0.25, 0.3) is 0 Å². The largest absolute Gasteiger partial charge is 0.504 e. The van der Waals surface area contributed by atoms with E-state index in [1.807, 2.05) is 19.9 Å². The number of nitrogens with one attached hydrogen (secondary N) is 1. The zero-order valence-corrected chi connectivity index (χ0v) is 13.6. The Morgan fingerprint density at radius 3 is 2.87 bits per heavy atom. The average Bonchev–Trinajstić information content (AvgIpc) is 2.82. The topological polar surface area (TPSA) is 78.8 Å². The lowest BCUT2D eigenvalue weighted by atomic mass is 9.52. The van der Waals surface area contributed by atoms with Crippen molar-refractivity contribution in [3.8, 4) is 0 Å². The van der Waals surface area contributed by atoms with Crippen molar-refractivity contribution >= 4 is 5.78 Å². The summed E-state index contributed by atoms with van der Waals surface area (Å²) in [6.45, 7) is 4.61. The summed E-state index contributed by atoms with van der Waals surface area (Å²) in [7, 11) is 0. The van der Waals surface area contributed by atoms with Gasteiger partial charge in [-0.15, -0.1) is 0 Å². The van der Waals surface area contributed by atoms with Crippen molar-refractivity contribution in [2.75, 3.05) is 6.54 Å². The molecule has 2 aliphatic carbocycles. The van der Waals surface area contributed by atoms with E-state index < -0.39 is 17.1 Å². The van der Waals surface area contributed by atoms with Gasteiger partial charge < -0.3 is 20.3 Å². The third-order valence-corrected chi connectivity index (χ3v) is 6.28. The quantitative estimate of drug-likeness (QED) is 0.636. The summed E-state index contributed by atoms with van der Waals surface area (Å²) < 4.78 is 5.94. The second-order valence-electron chi connectivity index (χ2n) is 7.34. The van der Waals surface area contributed by atoms with E-state index in [4.69, 9.17) is 4.74 Å². The van der Waals surface area contributed by atoms with Crippen LogP contribution in [0, 0.1) is 5.41 Å². The van der Waals surface area contributed by atoms with Gasteiger partial charge in [0.2, 0.25) is 0 Å². The van der Waals surface area contributed by atoms with Gasteiger partial charge in [-0.1, -0.05) is 11.6 Å². The van der Waals surface area contributed by atoms with Gasteiger partial charge in [-0.25, -0.2) is 0 Å². The number of carbonyl (C=O) groups is 1. The molecule has 2 heterocycles. The van der Waals surface area contributed by atoms with Gasteiger partial charge >= 0.3 is 0 Å². The lowest BCUT2D eigenvalue weighted by molar-refractivity contribution is -0.183. The van der Waals surface area contributed by atoms with Crippen LogP contribution in [0.3, 0.4) is 0 Å². The Morgan fingerprint density at radius 1 is 1.30 bits per heavy atom. The molecular weight excluding hydrogens is 294 g/mol. The van der Waals surface area contributed by atoms with Crippen molar-refractivity contribution in [1.82, 2.24) is 5.32 Å². The standard InChI is InChI=1S/C18H23NO4/c1-10-3-4-12(20)15-11(2)17-7-8-19-14(9-10)18(17,22)6-5-13(21)16(17)23-15/h3-4,14,16,19-20,22H,5-9H2,1-2H3/b10-3+,12-4?/t14-,16+,17+,18-/m1/s1. The van der Waals surface area contributed by atoms with E-state index in [2.05, 4.69) is 5.32 Å². The Bertz CT molecular complexity index is 677. The number of carbonyl (C=O) groups excluding carboxylic acids is 1. The van der Waals surface area contributed by atoms with Crippen LogP contribution in [0.1, 0.15) is 39.5 Å². The number of piperidine rings is 1. The van der Waals surface area contributed by atoms with Crippen LogP contribution in [0.15, 0.2) is 34.8 Å². The highest BCUT2D eigenvalue weighted by molar-refractivity contribution is 5.87. The van der Waals surface area contributed by atoms with Gasteiger partial charge in [-0.05, 0) is 51.3 Å². The van der Waals surface area contributed by atoms with Gasteiger partial charge in [0.05, 0.1) is 11.0 Å². The molecule has 0 aromatic rings. The average molecular weight is 317 g/mol. The molecule has 0 unspecified atom stereocenters. The van der Waals surface area contributed by atoms with E-state index in [-0.39, 0.29) is 17.6 Å². The fourth-order valence-corrected chi connectivity index (χ4v) is 5.08. The minimum atomic E-state index is -1.04. The Kier molecular flexibility index (Phi) is 3.06. The smallest absolute Gasteiger partial charge is 0.174 e. The first kappa shape index (κ1) is 15.0. The fraction of sp³-hybridized carbons (Fsp3) is 0.611. The molecule has 2 aliphatic heterocycles. The van der Waals surface area contributed by atoms with Crippen molar-refractivity contribution in [3.05, 3.63) is 34.8 Å². The van der Waals surface area contributed by atoms with Gasteiger partial charge in [0.15, 0.2) is 23.4 Å². The number of rotatable bonds is 0. The van der Waals surface area contributed by atoms with E-state index >= 15 is 0 Å². The lowest BCUT2D eigenvalue weighted by Gasteiger charge is -2.57. The molecule has 5 nitrogen and oxygen atoms in total. The summed E-state index contributed by atoms with van der Waals surface area (Å²) in [6.07, 6.45) is 4.88. The van der Waals surface area contributed by atoms with Crippen LogP contribution in [0.2, 0.25) is 0 Å². The predicted molar refractivity (Wildman–Crippen MR) is 84.7 cm³/mol. The summed E-state index contributed by atoms with van der Waals surface area (Å²) in [5, 5.41) is 25.6. The molecule has 0 radical (unpaired) electrons. The first-order chi connectivity index (χ1) is 10.9. The summed E-state index contributed by atoms with van der Waals surface area (Å²) in [5.74, 6) is 0.439. The van der Waals surface area contributed by atoms with E-state index in [1.54, 1.807) is 6.08 Å². The molecule has 1 saturated heterocycles. The maximum Gasteiger partial charge on any atom is 0.174 e. The van der Waals surface area contributed by atoms with Crippen molar-refractivity contribution in [2.24, 2.45) is 5.41 Å². The predicted octanol–water partition coefficient (Wildman–Crippen LogP) is 1.89. The SMILES string of the molecule is CC1=C2O[C@H]3C(=O)CC[C@@]4(O)[C@@H](C/C(C)=C/C=C2O)NCC[C@]134. The van der Waals surface area contributed by atoms with E-state index in [0.717, 1.165) is 17.7 Å². The molecule has 4 aliphatic rings. The second-order valence-corrected chi connectivity index (χ2v) is 7.34. The zero-order chi connectivity index (χ0) is 16.4. The third-order valence-electron chi connectivity index (χ3n) is 6.28. The first-order valence-corrected chi connectivity index (χ1v) is 8.33. The number of allylic oxidation sites excluding steroid dienone is 2. The van der Waals surface area contributed by atoms with Crippen molar-refractivity contribution in [2.45, 2.75) is 57.3 Å². The summed E-state index contributed by atoms with van der Waals surface area (Å²) in [6, 6.07) is -0.116. The highest BCUT2D eigenvalue weighted by Crippen LogP contribution is 2.60. The monoisotopic (exact) mass is 317 g/mol. The normalized spacial score (nSPS) is 45.1. The fourth-order valence-electron chi connectivity index (χ4n) is 5.08. The van der Waals surface area contributed by atoms with Crippen LogP contribution in [-0.4, -0.2) is 40.3 Å². The van der Waals surface area contributed by atoms with Crippen molar-refractivity contribution in [3.63, 3.8) is 0 Å². The zero-order valence-electron chi connectivity index (χ0n) is 13.6. The summed E-state index contributed by atoms with van der Waals surface area (Å²) in [5.41, 5.74) is 0.119. The van der Waals surface area contributed by atoms with Gasteiger partial charge in [0.25, 0.3) is 0 Å². The molecule has 3 bridgehead atoms. The maximum atomic E-state index is 12.5. The van der Waals surface area contributed by atoms with Crippen LogP contribution in [0.5, 0.6) is 0 Å². The molecular formula is C18H23NO4. The number of ketones is 1. The molecule has 4 atom stereocenters. The highest BCUT2D eigenvalue weighted by atomic mass is 16.5. The minimum Gasteiger partial charge on any atom is -0.504 e. The van der Waals surface area contributed by atoms with E-state index in [0.29, 0.717) is 31.4 Å². The molecule has 4 rings (SSSR count). The van der Waals surface area contributed by atoms with Gasteiger partial charge in [-0.2, -0.15) is 0 Å². The molecule has 0 aromatic heterocycles. The van der Waals surface area contributed by atoms with Gasteiger partial charge in [-0.3, -0.25) is 4.79 Å². The Labute approximate surface area is 135 Å². The number of ether oxygens (including phenoxy) is 1. The van der Waals surface area contributed by atoms with Crippen LogP contribution in [-0.2, 0) is 9.53 Å². The number of aliphatic hydroxyl groups is 2. The third kappa shape index (κ3) is 1.72. The highest BCUT2D eigenvalue weighted by Gasteiger charge is 2.69. The van der Waals surface area contributed by atoms with Gasteiger partial charge in [0.1, 0.15) is 0 Å². The van der Waals surface area contributed by atoms with E-state index in [9.17, 15) is 15.0 Å². The summed E-state index contributed by atoms with van der Waals surface area (Å²) in [4.78, 5) is 12.5. The van der Waals surface area contributed by atoms with Crippen molar-refractivity contribution in [1.29, 1.82) is 0 Å². The molecule has 124 valence electrons. The number of hydrogen-bond acceptors (Lipinski definition) is 5. The maximum absolute atomic E-state index is 12.5. The van der Waals surface area contributed by atoms with Crippen LogP contribution >= 0.6 is 0 Å². The Morgan fingerprint density at radius 2 is 2.09 bits per heavy atom. The second kappa shape index (κ2) is 4.71. The minimum absolute atomic E-state index is 0.0291.